The normalized spacial score (nSPS) is 24.6. The van der Waals surface area contributed by atoms with Crippen LogP contribution in [0, 0.1) is 0 Å². The van der Waals surface area contributed by atoms with Gasteiger partial charge >= 0.3 is 0 Å². The third kappa shape index (κ3) is 5.73. The second kappa shape index (κ2) is 7.95. The van der Waals surface area contributed by atoms with E-state index in [1.165, 1.54) is 0 Å². The Morgan fingerprint density at radius 3 is 2.61 bits per heavy atom. The summed E-state index contributed by atoms with van der Waals surface area (Å²) < 4.78 is 5.73. The van der Waals surface area contributed by atoms with Gasteiger partial charge < -0.3 is 15.2 Å². The molecule has 0 saturated carbocycles. The zero-order chi connectivity index (χ0) is 17.0. The van der Waals surface area contributed by atoms with E-state index in [1.54, 1.807) is 0 Å². The molecule has 3 unspecified atom stereocenters. The van der Waals surface area contributed by atoms with Crippen LogP contribution in [-0.4, -0.2) is 54.5 Å². The molecule has 1 aliphatic rings. The summed E-state index contributed by atoms with van der Waals surface area (Å²) in [4.78, 5) is 2.28. The Balaban J connectivity index is 1.84. The maximum absolute atomic E-state index is 10.4. The van der Waals surface area contributed by atoms with Crippen molar-refractivity contribution < 1.29 is 9.84 Å². The van der Waals surface area contributed by atoms with Crippen LogP contribution in [0.4, 0.5) is 0 Å². The first kappa shape index (κ1) is 18.7. The number of morpholine rings is 1. The van der Waals surface area contributed by atoms with Gasteiger partial charge in [0, 0.05) is 36.7 Å². The molecule has 1 heterocycles. The number of aliphatic hydroxyl groups is 1. The molecule has 1 saturated heterocycles. The van der Waals surface area contributed by atoms with Gasteiger partial charge in [0.15, 0.2) is 0 Å². The Morgan fingerprint density at radius 2 is 2.00 bits per heavy atom. The summed E-state index contributed by atoms with van der Waals surface area (Å²) in [6, 6.07) is 7.84. The molecule has 5 heteroatoms. The van der Waals surface area contributed by atoms with E-state index < -0.39 is 6.10 Å². The third-order valence-corrected chi connectivity index (χ3v) is 4.53. The summed E-state index contributed by atoms with van der Waals surface area (Å²) in [5, 5.41) is 14.5. The van der Waals surface area contributed by atoms with Gasteiger partial charge in [0.1, 0.15) is 0 Å². The van der Waals surface area contributed by atoms with E-state index in [9.17, 15) is 5.11 Å². The molecule has 2 N–H and O–H groups in total. The van der Waals surface area contributed by atoms with Crippen LogP contribution >= 0.6 is 11.6 Å². The molecule has 0 aliphatic carbocycles. The number of rotatable bonds is 6. The fourth-order valence-corrected chi connectivity index (χ4v) is 3.34. The van der Waals surface area contributed by atoms with Gasteiger partial charge in [-0.05, 0) is 45.4 Å². The molecule has 3 atom stereocenters. The number of halogens is 1. The molecule has 0 spiro atoms. The Morgan fingerprint density at radius 1 is 1.35 bits per heavy atom. The number of ether oxygens (including phenoxy) is 1. The molecule has 2 rings (SSSR count). The molecular weight excluding hydrogens is 312 g/mol. The van der Waals surface area contributed by atoms with Gasteiger partial charge in [-0.1, -0.05) is 23.7 Å². The lowest BCUT2D eigenvalue weighted by atomic mass is 9.94. The van der Waals surface area contributed by atoms with E-state index in [-0.39, 0.29) is 17.7 Å². The highest BCUT2D eigenvalue weighted by atomic mass is 35.5. The first-order valence-corrected chi connectivity index (χ1v) is 8.71. The van der Waals surface area contributed by atoms with Gasteiger partial charge in [-0.3, -0.25) is 4.90 Å². The molecule has 4 nitrogen and oxygen atoms in total. The second-order valence-corrected chi connectivity index (χ2v) is 7.58. The second-order valence-electron chi connectivity index (χ2n) is 7.15. The molecule has 1 aliphatic heterocycles. The van der Waals surface area contributed by atoms with Crippen molar-refractivity contribution in [1.82, 2.24) is 10.2 Å². The number of nitrogens with one attached hydrogen (secondary N) is 1. The fourth-order valence-electron chi connectivity index (χ4n) is 3.15. The molecule has 130 valence electrons. The zero-order valence-corrected chi connectivity index (χ0v) is 15.3. The average molecular weight is 341 g/mol. The number of nitrogens with zero attached hydrogens (tertiary/aromatic N) is 1. The third-order valence-electron chi connectivity index (χ3n) is 4.29. The summed E-state index contributed by atoms with van der Waals surface area (Å²) in [7, 11) is 0. The molecule has 0 radical (unpaired) electrons. The maximum Gasteiger partial charge on any atom is 0.0791 e. The Kier molecular flexibility index (Phi) is 6.46. The molecule has 1 aromatic carbocycles. The Bertz CT molecular complexity index is 500. The number of benzene rings is 1. The van der Waals surface area contributed by atoms with Crippen LogP contribution in [0.5, 0.6) is 0 Å². The Labute approximate surface area is 144 Å². The molecular formula is C18H29ClN2O2. The van der Waals surface area contributed by atoms with Gasteiger partial charge in [0.25, 0.3) is 0 Å². The van der Waals surface area contributed by atoms with Crippen molar-refractivity contribution in [3.8, 4) is 0 Å². The summed E-state index contributed by atoms with van der Waals surface area (Å²) in [5.41, 5.74) is 0.878. The van der Waals surface area contributed by atoms with Crippen LogP contribution in [0.2, 0.25) is 5.02 Å². The number of hydrogen-bond acceptors (Lipinski definition) is 4. The van der Waals surface area contributed by atoms with E-state index in [4.69, 9.17) is 16.3 Å². The lowest BCUT2D eigenvalue weighted by Crippen LogP contribution is -2.50. The standard InChI is InChI=1S/C18H29ClN2O2/c1-13-10-21(11-14(2)23-13)12-17(22)9-20-18(3,4)15-6-5-7-16(19)8-15/h5-8,13-14,17,20,22H,9-12H2,1-4H3. The summed E-state index contributed by atoms with van der Waals surface area (Å²) in [5.74, 6) is 0. The molecule has 23 heavy (non-hydrogen) atoms. The Hall–Kier alpha value is -0.650. The van der Waals surface area contributed by atoms with Crippen molar-refractivity contribution >= 4 is 11.6 Å². The zero-order valence-electron chi connectivity index (χ0n) is 14.6. The predicted molar refractivity (Wildman–Crippen MR) is 94.9 cm³/mol. The first-order chi connectivity index (χ1) is 10.8. The van der Waals surface area contributed by atoms with Gasteiger partial charge in [-0.15, -0.1) is 0 Å². The first-order valence-electron chi connectivity index (χ1n) is 8.33. The van der Waals surface area contributed by atoms with Crippen molar-refractivity contribution in [3.63, 3.8) is 0 Å². The highest BCUT2D eigenvalue weighted by Crippen LogP contribution is 2.23. The van der Waals surface area contributed by atoms with E-state index in [1.807, 2.05) is 18.2 Å². The van der Waals surface area contributed by atoms with Gasteiger partial charge in [0.05, 0.1) is 18.3 Å². The topological polar surface area (TPSA) is 44.7 Å². The lowest BCUT2D eigenvalue weighted by Gasteiger charge is -2.37. The van der Waals surface area contributed by atoms with E-state index in [0.29, 0.717) is 13.1 Å². The van der Waals surface area contributed by atoms with Gasteiger partial charge in [0.2, 0.25) is 0 Å². The van der Waals surface area contributed by atoms with E-state index in [2.05, 4.69) is 44.0 Å². The molecule has 1 fully saturated rings. The lowest BCUT2D eigenvalue weighted by molar-refractivity contribution is -0.0764. The number of hydrogen-bond donors (Lipinski definition) is 2. The summed E-state index contributed by atoms with van der Waals surface area (Å²) in [6.45, 7) is 11.3. The van der Waals surface area contributed by atoms with Crippen molar-refractivity contribution in [2.45, 2.75) is 51.5 Å². The molecule has 0 bridgehead atoms. The molecule has 1 aromatic rings. The highest BCUT2D eigenvalue weighted by Gasteiger charge is 2.25. The number of aliphatic hydroxyl groups excluding tert-OH is 1. The maximum atomic E-state index is 10.4. The van der Waals surface area contributed by atoms with E-state index >= 15 is 0 Å². The van der Waals surface area contributed by atoms with Gasteiger partial charge in [-0.2, -0.15) is 0 Å². The van der Waals surface area contributed by atoms with Crippen molar-refractivity contribution in [1.29, 1.82) is 0 Å². The van der Waals surface area contributed by atoms with Crippen LogP contribution in [0.25, 0.3) is 0 Å². The summed E-state index contributed by atoms with van der Waals surface area (Å²) >= 11 is 6.07. The van der Waals surface area contributed by atoms with E-state index in [0.717, 1.165) is 23.7 Å². The largest absolute Gasteiger partial charge is 0.390 e. The SMILES string of the molecule is CC1CN(CC(O)CNC(C)(C)c2cccc(Cl)c2)CC(C)O1. The highest BCUT2D eigenvalue weighted by molar-refractivity contribution is 6.30. The van der Waals surface area contributed by atoms with Crippen LogP contribution in [0.15, 0.2) is 24.3 Å². The van der Waals surface area contributed by atoms with Crippen LogP contribution in [0.3, 0.4) is 0 Å². The van der Waals surface area contributed by atoms with Crippen molar-refractivity contribution in [2.75, 3.05) is 26.2 Å². The van der Waals surface area contributed by atoms with Crippen LogP contribution in [0.1, 0.15) is 33.3 Å². The quantitative estimate of drug-likeness (QED) is 0.835. The summed E-state index contributed by atoms with van der Waals surface area (Å²) in [6.07, 6.45) is 0.0366. The molecule has 0 aromatic heterocycles. The van der Waals surface area contributed by atoms with Crippen LogP contribution in [-0.2, 0) is 10.3 Å². The minimum atomic E-state index is -0.411. The monoisotopic (exact) mass is 340 g/mol. The number of β-amino-alcohol motifs (C(OH)–C–C–N with tert-alkyl or cyclic N) is 1. The minimum absolute atomic E-state index is 0.224. The van der Waals surface area contributed by atoms with Gasteiger partial charge in [-0.25, -0.2) is 0 Å². The minimum Gasteiger partial charge on any atom is -0.390 e. The fraction of sp³-hybridized carbons (Fsp3) is 0.667. The smallest absolute Gasteiger partial charge is 0.0791 e. The average Bonchev–Trinajstić information content (AvgIpc) is 2.44. The van der Waals surface area contributed by atoms with Crippen molar-refractivity contribution in [3.05, 3.63) is 34.9 Å². The van der Waals surface area contributed by atoms with Crippen LogP contribution < -0.4 is 5.32 Å². The predicted octanol–water partition coefficient (Wildman–Crippen LogP) is 2.63. The van der Waals surface area contributed by atoms with Crippen molar-refractivity contribution in [2.24, 2.45) is 0 Å². The molecule has 0 amide bonds.